The summed E-state index contributed by atoms with van der Waals surface area (Å²) in [7, 11) is 0.654. The molecular weight excluding hydrogens is 192 g/mol. The quantitative estimate of drug-likeness (QED) is 0.202. The van der Waals surface area contributed by atoms with Gasteiger partial charge in [-0.25, -0.2) is 4.79 Å². The molecule has 13 heavy (non-hydrogen) atoms. The van der Waals surface area contributed by atoms with Gasteiger partial charge in [0.1, 0.15) is 5.34 Å². The molecule has 1 unspecified atom stereocenters. The molecule has 0 aromatic heterocycles. The number of methoxy groups -OCH3 is 1. The van der Waals surface area contributed by atoms with E-state index in [9.17, 15) is 23.9 Å². The van der Waals surface area contributed by atoms with Gasteiger partial charge in [-0.3, -0.25) is 10.1 Å². The summed E-state index contributed by atoms with van der Waals surface area (Å²) in [4.78, 5) is 18.9. The average molecular weight is 195 g/mol. The topological polar surface area (TPSA) is 96.5 Å². The molecule has 0 radical (unpaired) electrons. The highest BCUT2D eigenvalue weighted by Gasteiger charge is 2.62. The van der Waals surface area contributed by atoms with Gasteiger partial charge in [0.25, 0.3) is 0 Å². The standard InChI is InChI=1S/C4H3F2N3O4/c1-13-3(10)4(2-7,8(5)6)9(11)12/h1H3. The van der Waals surface area contributed by atoms with E-state index in [-0.39, 0.29) is 0 Å². The van der Waals surface area contributed by atoms with Crippen molar-refractivity contribution in [3.05, 3.63) is 10.1 Å². The van der Waals surface area contributed by atoms with Crippen molar-refractivity contribution in [2.24, 2.45) is 0 Å². The molecule has 0 spiro atoms. The van der Waals surface area contributed by atoms with Crippen molar-refractivity contribution < 1.29 is 23.4 Å². The lowest BCUT2D eigenvalue weighted by atomic mass is 10.2. The van der Waals surface area contributed by atoms with Gasteiger partial charge in [-0.05, 0) is 0 Å². The van der Waals surface area contributed by atoms with Crippen molar-refractivity contribution in [3.63, 3.8) is 0 Å². The Hall–Kier alpha value is -1.82. The maximum Gasteiger partial charge on any atom is 0.510 e. The largest absolute Gasteiger partial charge is 0.510 e. The van der Waals surface area contributed by atoms with Crippen LogP contribution in [0.1, 0.15) is 0 Å². The van der Waals surface area contributed by atoms with Gasteiger partial charge in [-0.2, -0.15) is 5.26 Å². The highest BCUT2D eigenvalue weighted by molar-refractivity contribution is 5.81. The first kappa shape index (κ1) is 11.2. The highest BCUT2D eigenvalue weighted by atomic mass is 19.4. The second-order valence-corrected chi connectivity index (χ2v) is 1.77. The zero-order chi connectivity index (χ0) is 10.6. The Labute approximate surface area is 70.1 Å². The van der Waals surface area contributed by atoms with E-state index in [1.807, 2.05) is 0 Å². The van der Waals surface area contributed by atoms with Crippen LogP contribution in [0.4, 0.5) is 8.96 Å². The normalized spacial score (nSPS) is 14.4. The van der Waals surface area contributed by atoms with Crippen LogP contribution in [-0.4, -0.2) is 29.0 Å². The number of halogens is 2. The predicted octanol–water partition coefficient (Wildman–Crippen LogP) is -0.273. The van der Waals surface area contributed by atoms with Gasteiger partial charge in [-0.1, -0.05) is 8.96 Å². The molecule has 0 fully saturated rings. The zero-order valence-electron chi connectivity index (χ0n) is 6.23. The Morgan fingerprint density at radius 2 is 2.23 bits per heavy atom. The van der Waals surface area contributed by atoms with Crippen LogP contribution in [0.25, 0.3) is 0 Å². The first-order valence-electron chi connectivity index (χ1n) is 2.69. The molecule has 0 saturated heterocycles. The zero-order valence-corrected chi connectivity index (χ0v) is 6.23. The minimum atomic E-state index is -3.78. The van der Waals surface area contributed by atoms with Crippen LogP contribution >= 0.6 is 0 Å². The smallest absolute Gasteiger partial charge is 0.462 e. The van der Waals surface area contributed by atoms with Crippen molar-refractivity contribution in [1.82, 2.24) is 5.34 Å². The summed E-state index contributed by atoms with van der Waals surface area (Å²) in [5.41, 5.74) is -3.78. The van der Waals surface area contributed by atoms with Crippen molar-refractivity contribution >= 4 is 5.97 Å². The van der Waals surface area contributed by atoms with Crippen LogP contribution < -0.4 is 0 Å². The maximum absolute atomic E-state index is 11.9. The molecule has 0 aliphatic rings. The molecule has 0 rings (SSSR count). The number of rotatable bonds is 3. The second-order valence-electron chi connectivity index (χ2n) is 1.77. The van der Waals surface area contributed by atoms with Crippen LogP contribution in [0.2, 0.25) is 0 Å². The third kappa shape index (κ3) is 1.52. The molecule has 7 nitrogen and oxygen atoms in total. The molecule has 0 amide bonds. The number of hydrogen-bond acceptors (Lipinski definition) is 6. The van der Waals surface area contributed by atoms with E-state index in [0.29, 0.717) is 13.2 Å². The van der Waals surface area contributed by atoms with E-state index in [1.54, 1.807) is 0 Å². The Bertz CT molecular complexity index is 275. The fraction of sp³-hybridized carbons (Fsp3) is 0.500. The third-order valence-corrected chi connectivity index (χ3v) is 1.13. The fourth-order valence-corrected chi connectivity index (χ4v) is 0.472. The van der Waals surface area contributed by atoms with Crippen LogP contribution in [-0.2, 0) is 9.53 Å². The Morgan fingerprint density at radius 3 is 2.31 bits per heavy atom. The number of carbonyl (C=O) groups excluding carboxylic acids is 1. The van der Waals surface area contributed by atoms with Gasteiger partial charge in [-0.15, -0.1) is 0 Å². The van der Waals surface area contributed by atoms with Crippen molar-refractivity contribution in [1.29, 1.82) is 5.26 Å². The SMILES string of the molecule is COC(=O)C(C#N)(N(F)F)[N+](=O)[O-]. The Balaban J connectivity index is 5.27. The summed E-state index contributed by atoms with van der Waals surface area (Å²) in [6.45, 7) is 0. The van der Waals surface area contributed by atoms with Gasteiger partial charge < -0.3 is 4.74 Å². The fourth-order valence-electron chi connectivity index (χ4n) is 0.472. The lowest BCUT2D eigenvalue weighted by Gasteiger charge is -2.13. The molecule has 72 valence electrons. The molecule has 0 aromatic rings. The monoisotopic (exact) mass is 195 g/mol. The van der Waals surface area contributed by atoms with E-state index >= 15 is 0 Å². The highest BCUT2D eigenvalue weighted by Crippen LogP contribution is 2.18. The first-order chi connectivity index (χ1) is 5.93. The molecule has 0 aliphatic carbocycles. The number of carbonyl (C=O) groups is 1. The van der Waals surface area contributed by atoms with Crippen LogP contribution in [0.15, 0.2) is 0 Å². The predicted molar refractivity (Wildman–Crippen MR) is 31.4 cm³/mol. The minimum absolute atomic E-state index is 0.567. The van der Waals surface area contributed by atoms with Crippen molar-refractivity contribution in [2.75, 3.05) is 7.11 Å². The third-order valence-electron chi connectivity index (χ3n) is 1.13. The molecule has 0 heterocycles. The van der Waals surface area contributed by atoms with E-state index in [0.717, 1.165) is 0 Å². The molecule has 0 saturated carbocycles. The number of ether oxygens (including phenoxy) is 1. The Kier molecular flexibility index (Phi) is 3.20. The number of esters is 1. The molecular formula is C4H3F2N3O4. The number of hydrogen-bond donors (Lipinski definition) is 0. The van der Waals surface area contributed by atoms with Crippen LogP contribution in [0.3, 0.4) is 0 Å². The molecule has 0 aliphatic heterocycles. The molecule has 1 atom stereocenters. The van der Waals surface area contributed by atoms with Gasteiger partial charge in [0, 0.05) is 0 Å². The first-order valence-corrected chi connectivity index (χ1v) is 2.69. The summed E-state index contributed by atoms with van der Waals surface area (Å²) in [5, 5.41) is 16.0. The van der Waals surface area contributed by atoms with E-state index in [2.05, 4.69) is 4.74 Å². The summed E-state index contributed by atoms with van der Waals surface area (Å²) < 4.78 is 27.5. The molecule has 0 bridgehead atoms. The van der Waals surface area contributed by atoms with Crippen molar-refractivity contribution in [3.8, 4) is 6.07 Å². The number of nitriles is 1. The summed E-state index contributed by atoms with van der Waals surface area (Å²) in [5.74, 6) is -1.95. The second kappa shape index (κ2) is 3.72. The summed E-state index contributed by atoms with van der Waals surface area (Å²) in [6.07, 6.45) is 0. The van der Waals surface area contributed by atoms with Crippen LogP contribution in [0.5, 0.6) is 0 Å². The van der Waals surface area contributed by atoms with Gasteiger partial charge in [0.2, 0.25) is 0 Å². The molecule has 0 aromatic carbocycles. The average Bonchev–Trinajstić information content (AvgIpc) is 2.04. The van der Waals surface area contributed by atoms with Crippen molar-refractivity contribution in [2.45, 2.75) is 5.66 Å². The lowest BCUT2D eigenvalue weighted by molar-refractivity contribution is -0.600. The molecule has 9 heteroatoms. The molecule has 0 N–H and O–H groups in total. The number of nitrogens with zero attached hydrogens (tertiary/aromatic N) is 3. The summed E-state index contributed by atoms with van der Waals surface area (Å²) in [6, 6.07) is 0.567. The maximum atomic E-state index is 11.9. The Morgan fingerprint density at radius 1 is 1.77 bits per heavy atom. The van der Waals surface area contributed by atoms with E-state index < -0.39 is 21.9 Å². The van der Waals surface area contributed by atoms with Crippen LogP contribution in [0, 0.1) is 21.4 Å². The minimum Gasteiger partial charge on any atom is -0.462 e. The van der Waals surface area contributed by atoms with E-state index in [1.165, 1.54) is 0 Å². The van der Waals surface area contributed by atoms with Gasteiger partial charge in [0.15, 0.2) is 6.07 Å². The summed E-state index contributed by atoms with van der Waals surface area (Å²) >= 11 is 0. The van der Waals surface area contributed by atoms with E-state index in [4.69, 9.17) is 5.26 Å². The lowest BCUT2D eigenvalue weighted by Crippen LogP contribution is -2.53. The van der Waals surface area contributed by atoms with Gasteiger partial charge >= 0.3 is 11.6 Å². The number of nitro groups is 1. The van der Waals surface area contributed by atoms with Gasteiger partial charge in [0.05, 0.1) is 12.0 Å².